The van der Waals surface area contributed by atoms with Crippen molar-refractivity contribution in [2.24, 2.45) is 0 Å². The fourth-order valence-electron chi connectivity index (χ4n) is 1.44. The Bertz CT molecular complexity index is 599. The van der Waals surface area contributed by atoms with Gasteiger partial charge < -0.3 is 9.72 Å². The van der Waals surface area contributed by atoms with Gasteiger partial charge in [0.15, 0.2) is 11.4 Å². The van der Waals surface area contributed by atoms with E-state index >= 15 is 0 Å². The number of aromatic nitrogens is 2. The Labute approximate surface area is 97.9 Å². The third-order valence-electron chi connectivity index (χ3n) is 2.26. The first-order valence-electron chi connectivity index (χ1n) is 4.83. The lowest BCUT2D eigenvalue weighted by atomic mass is 10.2. The molecule has 0 radical (unpaired) electrons. The molecular weight excluding hydrogens is 216 g/mol. The molecule has 5 heteroatoms. The lowest BCUT2D eigenvalue weighted by molar-refractivity contribution is 0.415. The second-order valence-electron chi connectivity index (χ2n) is 3.26. The molecule has 0 fully saturated rings. The van der Waals surface area contributed by atoms with Gasteiger partial charge in [0.2, 0.25) is 0 Å². The van der Waals surface area contributed by atoms with E-state index < -0.39 is 0 Å². The molecular formula is C12H8N4O. The number of H-pyrrole nitrogens is 1. The third kappa shape index (κ3) is 1.95. The van der Waals surface area contributed by atoms with Crippen molar-refractivity contribution in [3.05, 3.63) is 35.7 Å². The summed E-state index contributed by atoms with van der Waals surface area (Å²) in [6, 6.07) is 11.0. The van der Waals surface area contributed by atoms with Crippen LogP contribution in [0.25, 0.3) is 11.4 Å². The summed E-state index contributed by atoms with van der Waals surface area (Å²) < 4.78 is 5.09. The molecule has 2 rings (SSSR count). The number of benzene rings is 1. The minimum absolute atomic E-state index is 0.102. The quantitative estimate of drug-likeness (QED) is 0.843. The molecule has 0 unspecified atom stereocenters. The summed E-state index contributed by atoms with van der Waals surface area (Å²) >= 11 is 0. The Hall–Kier alpha value is -2.79. The maximum atomic E-state index is 8.81. The number of imidazole rings is 1. The van der Waals surface area contributed by atoms with Crippen LogP contribution >= 0.6 is 0 Å². The molecule has 0 aliphatic heterocycles. The van der Waals surface area contributed by atoms with Crippen molar-refractivity contribution in [1.82, 2.24) is 9.97 Å². The molecule has 1 heterocycles. The van der Waals surface area contributed by atoms with E-state index in [1.165, 1.54) is 0 Å². The van der Waals surface area contributed by atoms with Gasteiger partial charge in [-0.2, -0.15) is 10.5 Å². The zero-order valence-corrected chi connectivity index (χ0v) is 9.06. The molecule has 0 spiro atoms. The van der Waals surface area contributed by atoms with Crippen molar-refractivity contribution in [3.63, 3.8) is 0 Å². The number of hydrogen-bond donors (Lipinski definition) is 1. The Morgan fingerprint density at radius 3 is 2.71 bits per heavy atom. The predicted molar refractivity (Wildman–Crippen MR) is 60.0 cm³/mol. The monoisotopic (exact) mass is 224 g/mol. The van der Waals surface area contributed by atoms with Crippen LogP contribution in [0.2, 0.25) is 0 Å². The summed E-state index contributed by atoms with van der Waals surface area (Å²) in [6.07, 6.45) is 0. The Balaban J connectivity index is 2.50. The summed E-state index contributed by atoms with van der Waals surface area (Å²) in [5.41, 5.74) is 1.04. The highest BCUT2D eigenvalue weighted by Gasteiger charge is 2.10. The Morgan fingerprint density at radius 1 is 1.29 bits per heavy atom. The topological polar surface area (TPSA) is 85.5 Å². The molecule has 2 aromatic rings. The number of nitriles is 2. The molecule has 0 bridgehead atoms. The number of rotatable bonds is 2. The summed E-state index contributed by atoms with van der Waals surface area (Å²) in [7, 11) is 1.57. The second-order valence-corrected chi connectivity index (χ2v) is 3.26. The van der Waals surface area contributed by atoms with Gasteiger partial charge in [-0.1, -0.05) is 12.1 Å². The van der Waals surface area contributed by atoms with Crippen molar-refractivity contribution in [2.75, 3.05) is 7.11 Å². The van der Waals surface area contributed by atoms with Gasteiger partial charge in [-0.05, 0) is 12.1 Å². The van der Waals surface area contributed by atoms with E-state index in [1.807, 2.05) is 30.3 Å². The third-order valence-corrected chi connectivity index (χ3v) is 2.26. The molecule has 0 aliphatic rings. The Morgan fingerprint density at radius 2 is 2.12 bits per heavy atom. The number of hydrogen-bond acceptors (Lipinski definition) is 4. The first-order valence-corrected chi connectivity index (χ1v) is 4.83. The zero-order valence-electron chi connectivity index (χ0n) is 9.06. The van der Waals surface area contributed by atoms with Crippen LogP contribution < -0.4 is 4.74 Å². The normalized spacial score (nSPS) is 9.35. The van der Waals surface area contributed by atoms with Crippen LogP contribution in [0, 0.1) is 22.7 Å². The number of nitrogens with one attached hydrogen (secondary N) is 1. The fraction of sp³-hybridized carbons (Fsp3) is 0.0833. The predicted octanol–water partition coefficient (Wildman–Crippen LogP) is 1.83. The van der Waals surface area contributed by atoms with Crippen molar-refractivity contribution in [1.29, 1.82) is 10.5 Å². The summed E-state index contributed by atoms with van der Waals surface area (Å²) in [4.78, 5) is 6.85. The number of ether oxygens (including phenoxy) is 1. The molecule has 5 nitrogen and oxygen atoms in total. The molecule has 1 aromatic carbocycles. The van der Waals surface area contributed by atoms with Crippen molar-refractivity contribution >= 4 is 0 Å². The van der Waals surface area contributed by atoms with Crippen LogP contribution in [-0.4, -0.2) is 17.1 Å². The number of aromatic amines is 1. The average Bonchev–Trinajstić information content (AvgIpc) is 2.82. The molecule has 0 saturated carbocycles. The summed E-state index contributed by atoms with van der Waals surface area (Å²) in [6.45, 7) is 0. The molecule has 82 valence electrons. The average molecular weight is 224 g/mol. The first-order chi connectivity index (χ1) is 8.28. The fourth-order valence-corrected chi connectivity index (χ4v) is 1.44. The summed E-state index contributed by atoms with van der Waals surface area (Å²) in [5, 5.41) is 17.6. The van der Waals surface area contributed by atoms with Crippen LogP contribution in [0.15, 0.2) is 24.3 Å². The largest absolute Gasteiger partial charge is 0.497 e. The first kappa shape index (κ1) is 10.7. The SMILES string of the molecule is COc1cccc(-c2nc(C#N)c(C#N)[nH]2)c1. The molecule has 0 atom stereocenters. The van der Waals surface area contributed by atoms with E-state index in [2.05, 4.69) is 9.97 Å². The molecule has 1 N–H and O–H groups in total. The lowest BCUT2D eigenvalue weighted by Crippen LogP contribution is -1.85. The number of nitrogens with zero attached hydrogens (tertiary/aromatic N) is 3. The van der Waals surface area contributed by atoms with Crippen molar-refractivity contribution in [3.8, 4) is 29.3 Å². The van der Waals surface area contributed by atoms with Crippen LogP contribution in [0.3, 0.4) is 0 Å². The van der Waals surface area contributed by atoms with Gasteiger partial charge in [0.05, 0.1) is 7.11 Å². The maximum Gasteiger partial charge on any atom is 0.177 e. The molecule has 0 saturated heterocycles. The minimum atomic E-state index is 0.102. The molecule has 1 aromatic heterocycles. The molecule has 0 aliphatic carbocycles. The maximum absolute atomic E-state index is 8.81. The lowest BCUT2D eigenvalue weighted by Gasteiger charge is -2.01. The highest BCUT2D eigenvalue weighted by molar-refractivity contribution is 5.60. The van der Waals surface area contributed by atoms with E-state index in [-0.39, 0.29) is 11.4 Å². The number of methoxy groups -OCH3 is 1. The molecule has 0 amide bonds. The standard InChI is InChI=1S/C12H8N4O/c1-17-9-4-2-3-8(5-9)12-15-10(6-13)11(7-14)16-12/h2-5H,1H3,(H,15,16). The van der Waals surface area contributed by atoms with Gasteiger partial charge in [0.1, 0.15) is 23.7 Å². The van der Waals surface area contributed by atoms with Crippen LogP contribution in [-0.2, 0) is 0 Å². The highest BCUT2D eigenvalue weighted by Crippen LogP contribution is 2.22. The van der Waals surface area contributed by atoms with E-state index in [0.29, 0.717) is 11.6 Å². The van der Waals surface area contributed by atoms with Gasteiger partial charge in [-0.15, -0.1) is 0 Å². The highest BCUT2D eigenvalue weighted by atomic mass is 16.5. The van der Waals surface area contributed by atoms with E-state index in [9.17, 15) is 0 Å². The van der Waals surface area contributed by atoms with E-state index in [4.69, 9.17) is 15.3 Å². The van der Waals surface area contributed by atoms with Crippen molar-refractivity contribution < 1.29 is 4.74 Å². The van der Waals surface area contributed by atoms with Gasteiger partial charge >= 0.3 is 0 Å². The smallest absolute Gasteiger partial charge is 0.177 e. The van der Waals surface area contributed by atoms with Crippen LogP contribution in [0.1, 0.15) is 11.4 Å². The van der Waals surface area contributed by atoms with Crippen LogP contribution in [0.4, 0.5) is 0 Å². The van der Waals surface area contributed by atoms with Crippen LogP contribution in [0.5, 0.6) is 5.75 Å². The van der Waals surface area contributed by atoms with E-state index in [1.54, 1.807) is 13.2 Å². The van der Waals surface area contributed by atoms with Gasteiger partial charge in [0.25, 0.3) is 0 Å². The zero-order chi connectivity index (χ0) is 12.3. The van der Waals surface area contributed by atoms with Gasteiger partial charge in [-0.25, -0.2) is 4.98 Å². The van der Waals surface area contributed by atoms with Gasteiger partial charge in [-0.3, -0.25) is 0 Å². The Kier molecular flexibility index (Phi) is 2.76. The van der Waals surface area contributed by atoms with E-state index in [0.717, 1.165) is 5.56 Å². The second kappa shape index (κ2) is 4.38. The molecule has 17 heavy (non-hydrogen) atoms. The minimum Gasteiger partial charge on any atom is -0.497 e. The summed E-state index contributed by atoms with van der Waals surface area (Å²) in [5.74, 6) is 1.17. The van der Waals surface area contributed by atoms with Crippen molar-refractivity contribution in [2.45, 2.75) is 0 Å². The van der Waals surface area contributed by atoms with Gasteiger partial charge in [0, 0.05) is 5.56 Å².